The van der Waals surface area contributed by atoms with Crippen LogP contribution in [0.1, 0.15) is 24.8 Å². The Hall–Kier alpha value is -1.55. The maximum Gasteiger partial charge on any atom is 0.220 e. The van der Waals surface area contributed by atoms with Crippen molar-refractivity contribution in [1.82, 2.24) is 5.32 Å². The molecule has 1 aromatic rings. The molecule has 0 bridgehead atoms. The van der Waals surface area contributed by atoms with Crippen LogP contribution in [0.5, 0.6) is 0 Å². The summed E-state index contributed by atoms with van der Waals surface area (Å²) >= 11 is 0. The van der Waals surface area contributed by atoms with Gasteiger partial charge >= 0.3 is 0 Å². The fraction of sp³-hybridized carbons (Fsp3) is 0.500. The van der Waals surface area contributed by atoms with Gasteiger partial charge < -0.3 is 15.4 Å². The van der Waals surface area contributed by atoms with E-state index in [2.05, 4.69) is 22.8 Å². The average molecular weight is 248 g/mol. The third-order valence-corrected chi connectivity index (χ3v) is 3.20. The molecule has 0 saturated carbocycles. The maximum atomic E-state index is 11.9. The molecule has 2 rings (SSSR count). The Morgan fingerprint density at radius 3 is 3.11 bits per heavy atom. The smallest absolute Gasteiger partial charge is 0.220 e. The molecular weight excluding hydrogens is 228 g/mol. The lowest BCUT2D eigenvalue weighted by Crippen LogP contribution is -2.36. The van der Waals surface area contributed by atoms with Crippen LogP contribution in [0.4, 0.5) is 5.69 Å². The van der Waals surface area contributed by atoms with Crippen LogP contribution in [0.15, 0.2) is 24.3 Å². The molecule has 0 aliphatic carbocycles. The normalized spacial score (nSPS) is 18.9. The molecule has 1 aromatic carbocycles. The van der Waals surface area contributed by atoms with E-state index in [-0.39, 0.29) is 17.9 Å². The molecule has 0 fully saturated rings. The lowest BCUT2D eigenvalue weighted by molar-refractivity contribution is -0.122. The Morgan fingerprint density at radius 1 is 1.56 bits per heavy atom. The largest absolute Gasteiger partial charge is 0.384 e. The number of para-hydroxylation sites is 1. The van der Waals surface area contributed by atoms with Gasteiger partial charge in [0.25, 0.3) is 0 Å². The number of carbonyl (C=O) groups is 1. The van der Waals surface area contributed by atoms with Gasteiger partial charge in [0.05, 0.1) is 6.61 Å². The molecule has 4 heteroatoms. The van der Waals surface area contributed by atoms with Crippen molar-refractivity contribution in [3.05, 3.63) is 29.8 Å². The lowest BCUT2D eigenvalue weighted by Gasteiger charge is -2.15. The molecule has 1 aliphatic heterocycles. The molecule has 18 heavy (non-hydrogen) atoms. The van der Waals surface area contributed by atoms with Crippen molar-refractivity contribution in [1.29, 1.82) is 0 Å². The number of ether oxygens (including phenoxy) is 1. The molecule has 4 nitrogen and oxygen atoms in total. The second-order valence-corrected chi connectivity index (χ2v) is 4.79. The van der Waals surface area contributed by atoms with E-state index in [1.807, 2.05) is 19.1 Å². The van der Waals surface area contributed by atoms with Gasteiger partial charge in [0, 0.05) is 37.7 Å². The number of rotatable bonds is 5. The van der Waals surface area contributed by atoms with Gasteiger partial charge in [-0.3, -0.25) is 4.79 Å². The van der Waals surface area contributed by atoms with Crippen LogP contribution in [0.3, 0.4) is 0 Å². The van der Waals surface area contributed by atoms with Crippen molar-refractivity contribution >= 4 is 11.6 Å². The van der Waals surface area contributed by atoms with Crippen LogP contribution in [0.2, 0.25) is 0 Å². The minimum absolute atomic E-state index is 0.0621. The summed E-state index contributed by atoms with van der Waals surface area (Å²) in [6.07, 6.45) is 0.526. The zero-order chi connectivity index (χ0) is 13.0. The Balaban J connectivity index is 1.89. The number of benzene rings is 1. The van der Waals surface area contributed by atoms with Gasteiger partial charge in [-0.05, 0) is 18.6 Å². The van der Waals surface area contributed by atoms with Gasteiger partial charge in [-0.15, -0.1) is 0 Å². The number of anilines is 1. The van der Waals surface area contributed by atoms with Crippen LogP contribution in [0, 0.1) is 0 Å². The average Bonchev–Trinajstić information content (AvgIpc) is 2.73. The number of methoxy groups -OCH3 is 1. The van der Waals surface area contributed by atoms with Gasteiger partial charge in [-0.2, -0.15) is 0 Å². The topological polar surface area (TPSA) is 50.4 Å². The summed E-state index contributed by atoms with van der Waals surface area (Å²) in [4.78, 5) is 11.9. The zero-order valence-corrected chi connectivity index (χ0v) is 10.9. The van der Waals surface area contributed by atoms with Crippen LogP contribution >= 0.6 is 0 Å². The van der Waals surface area contributed by atoms with E-state index in [4.69, 9.17) is 4.74 Å². The third-order valence-electron chi connectivity index (χ3n) is 3.20. The standard InChI is InChI=1S/C14H20N2O2/c1-10(9-18-2)16-14(17)7-11-8-15-13-6-4-3-5-12(11)13/h3-6,10-11,15H,7-9H2,1-2H3,(H,16,17). The minimum atomic E-state index is 0.0621. The maximum absolute atomic E-state index is 11.9. The van der Waals surface area contributed by atoms with E-state index >= 15 is 0 Å². The van der Waals surface area contributed by atoms with E-state index in [9.17, 15) is 4.79 Å². The number of amides is 1. The summed E-state index contributed by atoms with van der Waals surface area (Å²) in [5.41, 5.74) is 2.40. The number of fused-ring (bicyclic) bond motifs is 1. The minimum Gasteiger partial charge on any atom is -0.384 e. The Morgan fingerprint density at radius 2 is 2.33 bits per heavy atom. The first kappa shape index (κ1) is 12.9. The van der Waals surface area contributed by atoms with Gasteiger partial charge in [0.15, 0.2) is 0 Å². The van der Waals surface area contributed by atoms with Gasteiger partial charge in [0.1, 0.15) is 0 Å². The van der Waals surface area contributed by atoms with E-state index in [0.29, 0.717) is 13.0 Å². The highest BCUT2D eigenvalue weighted by Gasteiger charge is 2.24. The second kappa shape index (κ2) is 5.87. The highest BCUT2D eigenvalue weighted by Crippen LogP contribution is 2.32. The van der Waals surface area contributed by atoms with E-state index in [1.165, 1.54) is 5.56 Å². The number of carbonyl (C=O) groups excluding carboxylic acids is 1. The molecule has 0 aromatic heterocycles. The van der Waals surface area contributed by atoms with Crippen LogP contribution in [-0.4, -0.2) is 32.2 Å². The van der Waals surface area contributed by atoms with Crippen LogP contribution in [-0.2, 0) is 9.53 Å². The molecule has 2 unspecified atom stereocenters. The van der Waals surface area contributed by atoms with Crippen molar-refractivity contribution in [2.24, 2.45) is 0 Å². The first-order chi connectivity index (χ1) is 8.70. The van der Waals surface area contributed by atoms with Crippen LogP contribution in [0.25, 0.3) is 0 Å². The summed E-state index contributed by atoms with van der Waals surface area (Å²) in [5.74, 6) is 0.360. The highest BCUT2D eigenvalue weighted by molar-refractivity contribution is 5.78. The Labute approximate surface area is 108 Å². The van der Waals surface area contributed by atoms with Gasteiger partial charge in [-0.1, -0.05) is 18.2 Å². The Bertz CT molecular complexity index is 420. The number of nitrogens with one attached hydrogen (secondary N) is 2. The highest BCUT2D eigenvalue weighted by atomic mass is 16.5. The summed E-state index contributed by atoms with van der Waals surface area (Å²) in [7, 11) is 1.64. The van der Waals surface area contributed by atoms with Gasteiger partial charge in [-0.25, -0.2) is 0 Å². The van der Waals surface area contributed by atoms with Crippen molar-refractivity contribution in [3.8, 4) is 0 Å². The first-order valence-electron chi connectivity index (χ1n) is 6.31. The summed E-state index contributed by atoms with van der Waals surface area (Å²) in [6, 6.07) is 8.23. The summed E-state index contributed by atoms with van der Waals surface area (Å²) < 4.78 is 5.00. The molecule has 1 heterocycles. The number of hydrogen-bond donors (Lipinski definition) is 2. The molecule has 0 radical (unpaired) electrons. The third kappa shape index (κ3) is 3.01. The molecule has 0 saturated heterocycles. The fourth-order valence-corrected chi connectivity index (χ4v) is 2.39. The molecular formula is C14H20N2O2. The van der Waals surface area contributed by atoms with E-state index < -0.39 is 0 Å². The first-order valence-corrected chi connectivity index (χ1v) is 6.31. The van der Waals surface area contributed by atoms with Crippen LogP contribution < -0.4 is 10.6 Å². The monoisotopic (exact) mass is 248 g/mol. The lowest BCUT2D eigenvalue weighted by atomic mass is 9.97. The van der Waals surface area contributed by atoms with Crippen molar-refractivity contribution in [2.45, 2.75) is 25.3 Å². The fourth-order valence-electron chi connectivity index (χ4n) is 2.39. The Kier molecular flexibility index (Phi) is 4.20. The second-order valence-electron chi connectivity index (χ2n) is 4.79. The summed E-state index contributed by atoms with van der Waals surface area (Å²) in [6.45, 7) is 3.33. The molecule has 2 atom stereocenters. The van der Waals surface area contributed by atoms with E-state index in [1.54, 1.807) is 7.11 Å². The molecule has 98 valence electrons. The number of hydrogen-bond acceptors (Lipinski definition) is 3. The quantitative estimate of drug-likeness (QED) is 0.834. The molecule has 2 N–H and O–H groups in total. The zero-order valence-electron chi connectivity index (χ0n) is 10.9. The van der Waals surface area contributed by atoms with Gasteiger partial charge in [0.2, 0.25) is 5.91 Å². The predicted octanol–water partition coefficient (Wildman–Crippen LogP) is 1.74. The predicted molar refractivity (Wildman–Crippen MR) is 71.8 cm³/mol. The van der Waals surface area contributed by atoms with E-state index in [0.717, 1.165) is 12.2 Å². The molecule has 1 amide bonds. The summed E-state index contributed by atoms with van der Waals surface area (Å²) in [5, 5.41) is 6.28. The molecule has 1 aliphatic rings. The SMILES string of the molecule is COCC(C)NC(=O)CC1CNc2ccccc21. The van der Waals surface area contributed by atoms with Crippen molar-refractivity contribution < 1.29 is 9.53 Å². The van der Waals surface area contributed by atoms with Crippen molar-refractivity contribution in [3.63, 3.8) is 0 Å². The molecule has 0 spiro atoms. The van der Waals surface area contributed by atoms with Crippen molar-refractivity contribution in [2.75, 3.05) is 25.6 Å².